The van der Waals surface area contributed by atoms with Crippen LogP contribution in [0.4, 0.5) is 0 Å². The van der Waals surface area contributed by atoms with Crippen LogP contribution in [0.5, 0.6) is 0 Å². The van der Waals surface area contributed by atoms with E-state index in [1.54, 1.807) is 0 Å². The fraction of sp³-hybridized carbons (Fsp3) is 0.562. The number of rotatable bonds is 4. The van der Waals surface area contributed by atoms with Gasteiger partial charge in [0.05, 0.1) is 0 Å². The van der Waals surface area contributed by atoms with E-state index in [4.69, 9.17) is 11.6 Å². The van der Waals surface area contributed by atoms with Gasteiger partial charge in [0.2, 0.25) is 5.91 Å². The largest absolute Gasteiger partial charge is 0.352 e. The fourth-order valence-corrected chi connectivity index (χ4v) is 3.97. The average molecular weight is 278 g/mol. The highest BCUT2D eigenvalue weighted by molar-refractivity contribution is 6.31. The Hall–Kier alpha value is -1.02. The number of halogens is 1. The van der Waals surface area contributed by atoms with Crippen LogP contribution in [0.25, 0.3) is 0 Å². The SMILES string of the molecule is O=C(C[C@@H]1C[C@H]2CC[C@H]1C2)NCc1ccccc1Cl. The van der Waals surface area contributed by atoms with E-state index >= 15 is 0 Å². The Labute approximate surface area is 119 Å². The van der Waals surface area contributed by atoms with Gasteiger partial charge in [0.1, 0.15) is 0 Å². The molecule has 1 amide bonds. The molecule has 19 heavy (non-hydrogen) atoms. The lowest BCUT2D eigenvalue weighted by atomic mass is 9.86. The molecule has 0 unspecified atom stereocenters. The number of carbonyl (C=O) groups excluding carboxylic acids is 1. The third-order valence-electron chi connectivity index (χ3n) is 4.77. The normalized spacial score (nSPS) is 28.6. The summed E-state index contributed by atoms with van der Waals surface area (Å²) in [7, 11) is 0. The van der Waals surface area contributed by atoms with Crippen LogP contribution in [-0.2, 0) is 11.3 Å². The van der Waals surface area contributed by atoms with Crippen molar-refractivity contribution in [1.29, 1.82) is 0 Å². The highest BCUT2D eigenvalue weighted by Crippen LogP contribution is 2.49. The number of fused-ring (bicyclic) bond motifs is 2. The van der Waals surface area contributed by atoms with E-state index in [0.29, 0.717) is 18.9 Å². The van der Waals surface area contributed by atoms with Crippen LogP contribution in [0.2, 0.25) is 5.02 Å². The lowest BCUT2D eigenvalue weighted by molar-refractivity contribution is -0.122. The molecule has 0 heterocycles. The van der Waals surface area contributed by atoms with Crippen LogP contribution in [0.3, 0.4) is 0 Å². The van der Waals surface area contributed by atoms with E-state index < -0.39 is 0 Å². The standard InChI is InChI=1S/C16H20ClNO/c17-15-4-2-1-3-13(15)10-18-16(19)9-14-8-11-5-6-12(14)7-11/h1-4,11-12,14H,5-10H2,(H,18,19)/t11-,12-,14-/m0/s1. The van der Waals surface area contributed by atoms with Gasteiger partial charge in [-0.3, -0.25) is 4.79 Å². The molecule has 2 fully saturated rings. The molecular weight excluding hydrogens is 258 g/mol. The van der Waals surface area contributed by atoms with E-state index in [1.807, 2.05) is 24.3 Å². The Bertz CT molecular complexity index is 474. The smallest absolute Gasteiger partial charge is 0.220 e. The molecule has 2 nitrogen and oxygen atoms in total. The molecule has 3 heteroatoms. The number of hydrogen-bond acceptors (Lipinski definition) is 1. The van der Waals surface area contributed by atoms with Crippen molar-refractivity contribution in [1.82, 2.24) is 5.32 Å². The number of hydrogen-bond donors (Lipinski definition) is 1. The molecule has 1 aromatic rings. The van der Waals surface area contributed by atoms with Crippen LogP contribution < -0.4 is 5.32 Å². The first kappa shape index (κ1) is 13.0. The molecule has 2 aliphatic carbocycles. The predicted octanol–water partition coefficient (Wildman–Crippen LogP) is 3.78. The molecule has 0 aromatic heterocycles. The van der Waals surface area contributed by atoms with E-state index in [9.17, 15) is 4.79 Å². The minimum atomic E-state index is 0.178. The third-order valence-corrected chi connectivity index (χ3v) is 5.13. The Morgan fingerprint density at radius 3 is 2.79 bits per heavy atom. The van der Waals surface area contributed by atoms with Crippen molar-refractivity contribution in [3.05, 3.63) is 34.9 Å². The number of amides is 1. The van der Waals surface area contributed by atoms with Crippen LogP contribution in [0.15, 0.2) is 24.3 Å². The molecule has 2 bridgehead atoms. The second-order valence-corrected chi connectivity index (χ2v) is 6.41. The second-order valence-electron chi connectivity index (χ2n) is 6.01. The Morgan fingerprint density at radius 1 is 1.26 bits per heavy atom. The van der Waals surface area contributed by atoms with Crippen molar-refractivity contribution in [3.8, 4) is 0 Å². The van der Waals surface area contributed by atoms with E-state index in [2.05, 4.69) is 5.32 Å². The summed E-state index contributed by atoms with van der Waals surface area (Å²) in [6.45, 7) is 0.541. The molecule has 3 atom stereocenters. The molecule has 1 aromatic carbocycles. The minimum Gasteiger partial charge on any atom is -0.352 e. The van der Waals surface area contributed by atoms with Crippen molar-refractivity contribution in [2.45, 2.75) is 38.6 Å². The average Bonchev–Trinajstić information content (AvgIpc) is 3.00. The molecular formula is C16H20ClNO. The predicted molar refractivity (Wildman–Crippen MR) is 76.9 cm³/mol. The van der Waals surface area contributed by atoms with Gasteiger partial charge in [-0.15, -0.1) is 0 Å². The first-order chi connectivity index (χ1) is 9.22. The zero-order chi connectivity index (χ0) is 13.2. The topological polar surface area (TPSA) is 29.1 Å². The molecule has 102 valence electrons. The maximum atomic E-state index is 12.0. The number of benzene rings is 1. The van der Waals surface area contributed by atoms with Gasteiger partial charge in [0, 0.05) is 18.0 Å². The maximum absolute atomic E-state index is 12.0. The summed E-state index contributed by atoms with van der Waals surface area (Å²) in [6.07, 6.45) is 6.06. The summed E-state index contributed by atoms with van der Waals surface area (Å²) < 4.78 is 0. The Kier molecular flexibility index (Phi) is 3.79. The summed E-state index contributed by atoms with van der Waals surface area (Å²) in [5.41, 5.74) is 0.991. The van der Waals surface area contributed by atoms with E-state index in [0.717, 1.165) is 22.4 Å². The Morgan fingerprint density at radius 2 is 2.11 bits per heavy atom. The first-order valence-electron chi connectivity index (χ1n) is 7.22. The van der Waals surface area contributed by atoms with Crippen molar-refractivity contribution < 1.29 is 4.79 Å². The minimum absolute atomic E-state index is 0.178. The third kappa shape index (κ3) is 2.94. The van der Waals surface area contributed by atoms with Crippen molar-refractivity contribution >= 4 is 17.5 Å². The number of carbonyl (C=O) groups is 1. The molecule has 3 rings (SSSR count). The maximum Gasteiger partial charge on any atom is 0.220 e. The van der Waals surface area contributed by atoms with Gasteiger partial charge < -0.3 is 5.32 Å². The summed E-state index contributed by atoms with van der Waals surface area (Å²) >= 11 is 6.08. The lowest BCUT2D eigenvalue weighted by Crippen LogP contribution is -2.27. The van der Waals surface area contributed by atoms with Gasteiger partial charge in [0.25, 0.3) is 0 Å². The molecule has 0 aliphatic heterocycles. The van der Waals surface area contributed by atoms with Crippen molar-refractivity contribution in [3.63, 3.8) is 0 Å². The molecule has 1 N–H and O–H groups in total. The van der Waals surface area contributed by atoms with Gasteiger partial charge in [-0.1, -0.05) is 36.2 Å². The summed E-state index contributed by atoms with van der Waals surface area (Å²) in [6, 6.07) is 7.67. The molecule has 0 saturated heterocycles. The second kappa shape index (κ2) is 5.54. The van der Waals surface area contributed by atoms with E-state index in [-0.39, 0.29) is 5.91 Å². The first-order valence-corrected chi connectivity index (χ1v) is 7.60. The summed E-state index contributed by atoms with van der Waals surface area (Å²) in [5.74, 6) is 2.53. The van der Waals surface area contributed by atoms with E-state index in [1.165, 1.54) is 25.7 Å². The molecule has 0 spiro atoms. The van der Waals surface area contributed by atoms with Gasteiger partial charge in [-0.2, -0.15) is 0 Å². The van der Waals surface area contributed by atoms with Gasteiger partial charge in [-0.25, -0.2) is 0 Å². The zero-order valence-electron chi connectivity index (χ0n) is 11.1. The van der Waals surface area contributed by atoms with Crippen molar-refractivity contribution in [2.75, 3.05) is 0 Å². The van der Waals surface area contributed by atoms with Crippen LogP contribution in [0, 0.1) is 17.8 Å². The molecule has 0 radical (unpaired) electrons. The lowest BCUT2D eigenvalue weighted by Gasteiger charge is -2.20. The highest BCUT2D eigenvalue weighted by atomic mass is 35.5. The fourth-order valence-electron chi connectivity index (χ4n) is 3.77. The highest BCUT2D eigenvalue weighted by Gasteiger charge is 2.39. The molecule has 2 aliphatic rings. The monoisotopic (exact) mass is 277 g/mol. The quantitative estimate of drug-likeness (QED) is 0.891. The Balaban J connectivity index is 1.48. The van der Waals surface area contributed by atoms with Crippen LogP contribution >= 0.6 is 11.6 Å². The van der Waals surface area contributed by atoms with Gasteiger partial charge in [-0.05, 0) is 48.6 Å². The number of nitrogens with one attached hydrogen (secondary N) is 1. The zero-order valence-corrected chi connectivity index (χ0v) is 11.8. The molecule has 2 saturated carbocycles. The van der Waals surface area contributed by atoms with Crippen LogP contribution in [0.1, 0.15) is 37.7 Å². The summed E-state index contributed by atoms with van der Waals surface area (Å²) in [4.78, 5) is 12.0. The van der Waals surface area contributed by atoms with Crippen LogP contribution in [-0.4, -0.2) is 5.91 Å². The summed E-state index contributed by atoms with van der Waals surface area (Å²) in [5, 5.41) is 3.73. The van der Waals surface area contributed by atoms with Gasteiger partial charge >= 0.3 is 0 Å². The van der Waals surface area contributed by atoms with Gasteiger partial charge in [0.15, 0.2) is 0 Å². The van der Waals surface area contributed by atoms with Crippen molar-refractivity contribution in [2.24, 2.45) is 17.8 Å².